The molecule has 1 aliphatic rings. The van der Waals surface area contributed by atoms with Gasteiger partial charge in [-0.1, -0.05) is 42.5 Å². The van der Waals surface area contributed by atoms with Crippen LogP contribution in [-0.2, 0) is 36.9 Å². The third-order valence-corrected chi connectivity index (χ3v) is 5.83. The Hall–Kier alpha value is -4.41. The van der Waals surface area contributed by atoms with Crippen molar-refractivity contribution in [3.05, 3.63) is 65.7 Å². The van der Waals surface area contributed by atoms with Gasteiger partial charge in [-0.05, 0) is 36.1 Å². The lowest BCUT2D eigenvalue weighted by molar-refractivity contribution is -0.128. The first-order valence-corrected chi connectivity index (χ1v) is 11.9. The fraction of sp³-hybridized carbons (Fsp3) is 0.346. The predicted octanol–water partition coefficient (Wildman–Crippen LogP) is 0.556. The van der Waals surface area contributed by atoms with Crippen molar-refractivity contribution in [3.8, 4) is 5.75 Å². The SMILES string of the molecule is O=CC(CC1CCNC1=O)NC(=O)CNC(=O)C(Cc1ccc(O)cc1)NC(=O)OCc1ccccc1. The number of ether oxygens (including phenoxy) is 1. The molecule has 0 bridgehead atoms. The summed E-state index contributed by atoms with van der Waals surface area (Å²) in [5.74, 6) is -1.71. The Morgan fingerprint density at radius 2 is 1.78 bits per heavy atom. The first-order valence-electron chi connectivity index (χ1n) is 11.9. The average molecular weight is 511 g/mol. The lowest BCUT2D eigenvalue weighted by Gasteiger charge is -2.19. The molecule has 2 aromatic rings. The van der Waals surface area contributed by atoms with Crippen LogP contribution in [0.15, 0.2) is 54.6 Å². The summed E-state index contributed by atoms with van der Waals surface area (Å²) in [6.45, 7) is 0.101. The van der Waals surface area contributed by atoms with Crippen LogP contribution >= 0.6 is 0 Å². The van der Waals surface area contributed by atoms with E-state index in [4.69, 9.17) is 4.74 Å². The van der Waals surface area contributed by atoms with Gasteiger partial charge in [0.05, 0.1) is 12.6 Å². The van der Waals surface area contributed by atoms with E-state index in [1.165, 1.54) is 12.1 Å². The van der Waals surface area contributed by atoms with E-state index in [1.807, 2.05) is 6.07 Å². The van der Waals surface area contributed by atoms with Gasteiger partial charge in [-0.2, -0.15) is 0 Å². The zero-order chi connectivity index (χ0) is 26.6. The van der Waals surface area contributed by atoms with Crippen LogP contribution in [0.2, 0.25) is 0 Å². The van der Waals surface area contributed by atoms with Crippen molar-refractivity contribution in [1.29, 1.82) is 0 Å². The highest BCUT2D eigenvalue weighted by molar-refractivity contribution is 5.90. The van der Waals surface area contributed by atoms with Crippen LogP contribution < -0.4 is 21.3 Å². The first-order chi connectivity index (χ1) is 17.8. The number of amides is 4. The molecule has 0 aliphatic carbocycles. The smallest absolute Gasteiger partial charge is 0.408 e. The maximum absolute atomic E-state index is 12.9. The van der Waals surface area contributed by atoms with Crippen LogP contribution in [0.25, 0.3) is 0 Å². The summed E-state index contributed by atoms with van der Waals surface area (Å²) in [6.07, 6.45) is 0.572. The molecule has 0 spiro atoms. The van der Waals surface area contributed by atoms with E-state index in [0.717, 1.165) is 5.56 Å². The number of carbonyl (C=O) groups excluding carboxylic acids is 5. The third kappa shape index (κ3) is 8.95. The van der Waals surface area contributed by atoms with Gasteiger partial charge in [0.25, 0.3) is 0 Å². The van der Waals surface area contributed by atoms with E-state index < -0.39 is 36.5 Å². The Kier molecular flexibility index (Phi) is 10.0. The fourth-order valence-electron chi connectivity index (χ4n) is 3.86. The lowest BCUT2D eigenvalue weighted by atomic mass is 9.99. The van der Waals surface area contributed by atoms with Crippen LogP contribution in [0.4, 0.5) is 4.79 Å². The quantitative estimate of drug-likeness (QED) is 0.260. The molecule has 1 saturated heterocycles. The van der Waals surface area contributed by atoms with Crippen molar-refractivity contribution in [1.82, 2.24) is 21.3 Å². The van der Waals surface area contributed by atoms with Crippen LogP contribution in [0, 0.1) is 5.92 Å². The Morgan fingerprint density at radius 1 is 1.05 bits per heavy atom. The lowest BCUT2D eigenvalue weighted by Crippen LogP contribution is -2.51. The number of benzene rings is 2. The molecule has 1 heterocycles. The number of rotatable bonds is 12. The third-order valence-electron chi connectivity index (χ3n) is 5.83. The van der Waals surface area contributed by atoms with E-state index in [-0.39, 0.29) is 37.0 Å². The molecule has 0 saturated carbocycles. The number of hydrogen-bond acceptors (Lipinski definition) is 7. The minimum atomic E-state index is -1.08. The highest BCUT2D eigenvalue weighted by Crippen LogP contribution is 2.15. The Bertz CT molecular complexity index is 1090. The van der Waals surface area contributed by atoms with Crippen molar-refractivity contribution in [2.45, 2.75) is 38.0 Å². The molecule has 1 fully saturated rings. The molecular weight excluding hydrogens is 480 g/mol. The molecule has 3 rings (SSSR count). The largest absolute Gasteiger partial charge is 0.508 e. The van der Waals surface area contributed by atoms with Crippen LogP contribution in [0.1, 0.15) is 24.0 Å². The summed E-state index contributed by atoms with van der Waals surface area (Å²) in [5.41, 5.74) is 1.43. The van der Waals surface area contributed by atoms with Crippen molar-refractivity contribution in [3.63, 3.8) is 0 Å². The van der Waals surface area contributed by atoms with Gasteiger partial charge >= 0.3 is 6.09 Å². The predicted molar refractivity (Wildman–Crippen MR) is 132 cm³/mol. The topological polar surface area (TPSA) is 163 Å². The number of phenolic OH excluding ortho intramolecular Hbond substituents is 1. The summed E-state index contributed by atoms with van der Waals surface area (Å²) in [7, 11) is 0. The van der Waals surface area contributed by atoms with Crippen molar-refractivity contribution >= 4 is 30.1 Å². The number of hydrogen-bond donors (Lipinski definition) is 5. The van der Waals surface area contributed by atoms with Gasteiger partial charge in [0.2, 0.25) is 17.7 Å². The van der Waals surface area contributed by atoms with Gasteiger partial charge < -0.3 is 35.9 Å². The van der Waals surface area contributed by atoms with Gasteiger partial charge in [0, 0.05) is 18.9 Å². The normalized spacial score (nSPS) is 16.1. The van der Waals surface area contributed by atoms with Crippen molar-refractivity contribution in [2.24, 2.45) is 5.92 Å². The average Bonchev–Trinajstić information content (AvgIpc) is 3.31. The Labute approximate surface area is 214 Å². The number of aldehydes is 1. The minimum absolute atomic E-state index is 0.00866. The summed E-state index contributed by atoms with van der Waals surface area (Å²) in [5, 5.41) is 19.7. The molecule has 37 heavy (non-hydrogen) atoms. The minimum Gasteiger partial charge on any atom is -0.508 e. The maximum Gasteiger partial charge on any atom is 0.408 e. The molecule has 1 aliphatic heterocycles. The summed E-state index contributed by atoms with van der Waals surface area (Å²) < 4.78 is 5.21. The number of phenols is 1. The van der Waals surface area contributed by atoms with E-state index >= 15 is 0 Å². The van der Waals surface area contributed by atoms with Crippen LogP contribution in [0.3, 0.4) is 0 Å². The second-order valence-electron chi connectivity index (χ2n) is 8.67. The zero-order valence-electron chi connectivity index (χ0n) is 20.1. The molecule has 2 aromatic carbocycles. The Balaban J connectivity index is 1.55. The highest BCUT2D eigenvalue weighted by Gasteiger charge is 2.28. The molecule has 4 amide bonds. The number of nitrogens with one attached hydrogen (secondary N) is 4. The standard InChI is InChI=1S/C26H30N4O7/c31-15-20(13-19-10-11-27-24(19)34)29-23(33)14-28-25(35)22(12-17-6-8-21(32)9-7-17)30-26(36)37-16-18-4-2-1-3-5-18/h1-9,15,19-20,22,32H,10-14,16H2,(H,27,34)(H,28,35)(H,29,33)(H,30,36). The van der Waals surface area contributed by atoms with Crippen LogP contribution in [-0.4, -0.2) is 60.4 Å². The maximum atomic E-state index is 12.9. The molecular formula is C26H30N4O7. The molecule has 5 N–H and O–H groups in total. The second kappa shape index (κ2) is 13.6. The van der Waals surface area contributed by atoms with E-state index in [0.29, 0.717) is 24.8 Å². The van der Waals surface area contributed by atoms with Gasteiger partial charge in [-0.15, -0.1) is 0 Å². The summed E-state index contributed by atoms with van der Waals surface area (Å²) in [6, 6.07) is 13.2. The molecule has 11 heteroatoms. The highest BCUT2D eigenvalue weighted by atomic mass is 16.5. The Morgan fingerprint density at radius 3 is 2.43 bits per heavy atom. The molecule has 0 radical (unpaired) electrons. The summed E-state index contributed by atoms with van der Waals surface area (Å²) in [4.78, 5) is 60.7. The van der Waals surface area contributed by atoms with Crippen molar-refractivity contribution in [2.75, 3.05) is 13.1 Å². The molecule has 11 nitrogen and oxygen atoms in total. The van der Waals surface area contributed by atoms with Gasteiger partial charge in [-0.3, -0.25) is 14.4 Å². The van der Waals surface area contributed by atoms with Gasteiger partial charge in [0.1, 0.15) is 24.7 Å². The first kappa shape index (κ1) is 27.2. The molecule has 3 unspecified atom stereocenters. The van der Waals surface area contributed by atoms with Crippen LogP contribution in [0.5, 0.6) is 5.75 Å². The number of aromatic hydroxyl groups is 1. The molecule has 196 valence electrons. The van der Waals surface area contributed by atoms with E-state index in [1.54, 1.807) is 36.4 Å². The number of carbonyl (C=O) groups is 5. The van der Waals surface area contributed by atoms with Crippen molar-refractivity contribution < 1.29 is 33.8 Å². The number of alkyl carbamates (subject to hydrolysis) is 1. The van der Waals surface area contributed by atoms with Gasteiger partial charge in [-0.25, -0.2) is 4.79 Å². The zero-order valence-corrected chi connectivity index (χ0v) is 20.1. The van der Waals surface area contributed by atoms with E-state index in [9.17, 15) is 29.1 Å². The molecule has 0 aromatic heterocycles. The monoisotopic (exact) mass is 510 g/mol. The summed E-state index contributed by atoms with van der Waals surface area (Å²) >= 11 is 0. The fourth-order valence-corrected chi connectivity index (χ4v) is 3.86. The second-order valence-corrected chi connectivity index (χ2v) is 8.67. The van der Waals surface area contributed by atoms with Gasteiger partial charge in [0.15, 0.2) is 0 Å². The molecule has 3 atom stereocenters. The van der Waals surface area contributed by atoms with E-state index in [2.05, 4.69) is 21.3 Å².